The van der Waals surface area contributed by atoms with E-state index in [2.05, 4.69) is 0 Å². The van der Waals surface area contributed by atoms with Crippen molar-refractivity contribution in [3.05, 3.63) is 71.7 Å². The Labute approximate surface area is 151 Å². The lowest BCUT2D eigenvalue weighted by Gasteiger charge is -2.36. The molecule has 3 rings (SSSR count). The van der Waals surface area contributed by atoms with Crippen molar-refractivity contribution in [2.24, 2.45) is 10.7 Å². The number of fused-ring (bicyclic) bond motifs is 1. The van der Waals surface area contributed by atoms with Gasteiger partial charge in [0.15, 0.2) is 0 Å². The molecule has 0 aromatic heterocycles. The summed E-state index contributed by atoms with van der Waals surface area (Å²) in [5, 5.41) is 0. The summed E-state index contributed by atoms with van der Waals surface area (Å²) in [7, 11) is 0. The van der Waals surface area contributed by atoms with E-state index in [0.29, 0.717) is 12.3 Å². The minimum Gasteiger partial charge on any atom is -0.327 e. The van der Waals surface area contributed by atoms with Gasteiger partial charge in [0.2, 0.25) is 0 Å². The van der Waals surface area contributed by atoms with Gasteiger partial charge in [-0.05, 0) is 25.0 Å². The van der Waals surface area contributed by atoms with E-state index >= 15 is 0 Å². The van der Waals surface area contributed by atoms with Crippen LogP contribution in [0.4, 0.5) is 13.2 Å². The molecule has 0 bridgehead atoms. The molecule has 3 unspecified atom stereocenters. The zero-order chi connectivity index (χ0) is 18.9. The Morgan fingerprint density at radius 2 is 1.96 bits per heavy atom. The highest BCUT2D eigenvalue weighted by Gasteiger charge is 2.39. The van der Waals surface area contributed by atoms with E-state index in [1.165, 1.54) is 6.20 Å². The van der Waals surface area contributed by atoms with Crippen LogP contribution in [0, 0.1) is 0 Å². The molecule has 2 aliphatic heterocycles. The van der Waals surface area contributed by atoms with E-state index in [9.17, 15) is 13.2 Å². The van der Waals surface area contributed by atoms with Gasteiger partial charge >= 0.3 is 0 Å². The first-order valence-corrected chi connectivity index (χ1v) is 8.58. The van der Waals surface area contributed by atoms with Gasteiger partial charge in [-0.3, -0.25) is 4.99 Å². The highest BCUT2D eigenvalue weighted by molar-refractivity contribution is 6.02. The van der Waals surface area contributed by atoms with E-state index < -0.39 is 17.8 Å². The standard InChI is InChI=1S/C20H22F3N3/c1-13-7-6-10-17(14-8-4-3-5-9-14)25-19-16(18(24)20(2,22)23)11-15(21)12-26(13)19/h3-6,8-13,17-18H,7,24H2,1-2H3. The number of benzene rings is 1. The number of allylic oxidation sites excluding steroid dienone is 2. The van der Waals surface area contributed by atoms with Crippen molar-refractivity contribution < 1.29 is 13.2 Å². The Morgan fingerprint density at radius 1 is 1.27 bits per heavy atom. The third kappa shape index (κ3) is 3.75. The minimum atomic E-state index is -3.19. The lowest BCUT2D eigenvalue weighted by atomic mass is 9.95. The van der Waals surface area contributed by atoms with Gasteiger partial charge in [-0.1, -0.05) is 42.5 Å². The predicted molar refractivity (Wildman–Crippen MR) is 97.5 cm³/mol. The molecule has 0 amide bonds. The van der Waals surface area contributed by atoms with Crippen LogP contribution in [-0.4, -0.2) is 28.7 Å². The monoisotopic (exact) mass is 361 g/mol. The highest BCUT2D eigenvalue weighted by Crippen LogP contribution is 2.32. The molecule has 2 aliphatic rings. The number of aliphatic imine (C=N–C) groups is 1. The van der Waals surface area contributed by atoms with Crippen LogP contribution in [0.3, 0.4) is 0 Å². The number of hydrogen-bond acceptors (Lipinski definition) is 3. The fraction of sp³-hybridized carbons (Fsp3) is 0.350. The number of halogens is 3. The molecular weight excluding hydrogens is 339 g/mol. The third-order valence-electron chi connectivity index (χ3n) is 4.61. The molecule has 0 saturated carbocycles. The van der Waals surface area contributed by atoms with Crippen LogP contribution in [0.2, 0.25) is 0 Å². The Morgan fingerprint density at radius 3 is 2.62 bits per heavy atom. The number of nitrogens with two attached hydrogens (primary N) is 1. The first-order valence-electron chi connectivity index (χ1n) is 8.58. The number of nitrogens with zero attached hydrogens (tertiary/aromatic N) is 2. The van der Waals surface area contributed by atoms with E-state index in [1.807, 2.05) is 49.4 Å². The summed E-state index contributed by atoms with van der Waals surface area (Å²) in [6.45, 7) is 2.63. The van der Waals surface area contributed by atoms with Crippen molar-refractivity contribution in [1.82, 2.24) is 4.90 Å². The van der Waals surface area contributed by atoms with E-state index in [0.717, 1.165) is 18.6 Å². The topological polar surface area (TPSA) is 41.6 Å². The van der Waals surface area contributed by atoms with Crippen LogP contribution in [0.5, 0.6) is 0 Å². The SMILES string of the molecule is CC1CC=CC(c2ccccc2)N=C2C(C(N)C(C)(F)F)=CC(F)=CN21. The fourth-order valence-corrected chi connectivity index (χ4v) is 3.10. The molecule has 3 nitrogen and oxygen atoms in total. The molecule has 26 heavy (non-hydrogen) atoms. The second kappa shape index (κ2) is 7.11. The van der Waals surface area contributed by atoms with Crippen molar-refractivity contribution in [3.63, 3.8) is 0 Å². The van der Waals surface area contributed by atoms with Crippen LogP contribution in [0.1, 0.15) is 31.9 Å². The summed E-state index contributed by atoms with van der Waals surface area (Å²) >= 11 is 0. The summed E-state index contributed by atoms with van der Waals surface area (Å²) in [5.74, 6) is -3.50. The Hall–Kier alpha value is -2.34. The van der Waals surface area contributed by atoms with Crippen molar-refractivity contribution in [1.29, 1.82) is 0 Å². The molecule has 138 valence electrons. The molecule has 1 aromatic rings. The van der Waals surface area contributed by atoms with E-state index in [-0.39, 0.29) is 17.7 Å². The van der Waals surface area contributed by atoms with E-state index in [4.69, 9.17) is 10.7 Å². The highest BCUT2D eigenvalue weighted by atomic mass is 19.3. The zero-order valence-electron chi connectivity index (χ0n) is 14.7. The Bertz CT molecular complexity index is 775. The normalized spacial score (nSPS) is 24.7. The van der Waals surface area contributed by atoms with E-state index in [1.54, 1.807) is 4.90 Å². The second-order valence-corrected chi connectivity index (χ2v) is 6.78. The minimum absolute atomic E-state index is 0.0144. The largest absolute Gasteiger partial charge is 0.327 e. The molecule has 2 heterocycles. The van der Waals surface area contributed by atoms with Gasteiger partial charge in [0, 0.05) is 24.7 Å². The van der Waals surface area contributed by atoms with Gasteiger partial charge < -0.3 is 10.6 Å². The van der Waals surface area contributed by atoms with Crippen molar-refractivity contribution >= 4 is 5.84 Å². The Balaban J connectivity index is 2.11. The molecule has 0 radical (unpaired) electrons. The van der Waals surface area contributed by atoms with Crippen LogP contribution in [-0.2, 0) is 0 Å². The molecule has 0 saturated heterocycles. The second-order valence-electron chi connectivity index (χ2n) is 6.78. The van der Waals surface area contributed by atoms with Crippen molar-refractivity contribution in [3.8, 4) is 0 Å². The summed E-state index contributed by atoms with van der Waals surface area (Å²) in [6, 6.07) is 7.41. The smallest absolute Gasteiger partial charge is 0.264 e. The maximum absolute atomic E-state index is 14.2. The first-order chi connectivity index (χ1) is 12.3. The molecule has 1 aromatic carbocycles. The quantitative estimate of drug-likeness (QED) is 0.805. The average molecular weight is 361 g/mol. The van der Waals surface area contributed by atoms with Crippen LogP contribution in [0.25, 0.3) is 0 Å². The van der Waals surface area contributed by atoms with Crippen LogP contribution in [0.15, 0.2) is 71.2 Å². The summed E-state index contributed by atoms with van der Waals surface area (Å²) in [6.07, 6.45) is 6.93. The molecule has 0 aliphatic carbocycles. The van der Waals surface area contributed by atoms with Crippen molar-refractivity contribution in [2.45, 2.75) is 44.3 Å². The van der Waals surface area contributed by atoms with Gasteiger partial charge in [-0.2, -0.15) is 0 Å². The summed E-state index contributed by atoms with van der Waals surface area (Å²) in [4.78, 5) is 6.30. The van der Waals surface area contributed by atoms with Crippen LogP contribution >= 0.6 is 0 Å². The number of rotatable bonds is 3. The fourth-order valence-electron chi connectivity index (χ4n) is 3.10. The molecule has 2 N–H and O–H groups in total. The van der Waals surface area contributed by atoms with Gasteiger partial charge in [0.25, 0.3) is 5.92 Å². The molecule has 0 spiro atoms. The summed E-state index contributed by atoms with van der Waals surface area (Å²) in [5.41, 5.74) is 6.72. The average Bonchev–Trinajstić information content (AvgIpc) is 2.59. The maximum atomic E-state index is 14.2. The first kappa shape index (κ1) is 18.5. The van der Waals surface area contributed by atoms with Gasteiger partial charge in [0.05, 0.1) is 12.1 Å². The zero-order valence-corrected chi connectivity index (χ0v) is 14.7. The Kier molecular flexibility index (Phi) is 5.05. The predicted octanol–water partition coefficient (Wildman–Crippen LogP) is 4.51. The lowest BCUT2D eigenvalue weighted by Crippen LogP contribution is -2.48. The summed E-state index contributed by atoms with van der Waals surface area (Å²) < 4.78 is 41.9. The molecule has 3 atom stereocenters. The lowest BCUT2D eigenvalue weighted by molar-refractivity contribution is 0.00693. The molecular formula is C20H22F3N3. The van der Waals surface area contributed by atoms with Gasteiger partial charge in [-0.25, -0.2) is 13.2 Å². The van der Waals surface area contributed by atoms with Crippen molar-refractivity contribution in [2.75, 3.05) is 0 Å². The maximum Gasteiger partial charge on any atom is 0.264 e. The van der Waals surface area contributed by atoms with Gasteiger partial charge in [0.1, 0.15) is 11.7 Å². The molecule has 6 heteroatoms. The van der Waals surface area contributed by atoms with Gasteiger partial charge in [-0.15, -0.1) is 0 Å². The molecule has 0 fully saturated rings. The van der Waals surface area contributed by atoms with Crippen LogP contribution < -0.4 is 5.73 Å². The number of alkyl halides is 2. The number of hydrogen-bond donors (Lipinski definition) is 1. The number of amidine groups is 1. The third-order valence-corrected chi connectivity index (χ3v) is 4.61.